The van der Waals surface area contributed by atoms with Gasteiger partial charge < -0.3 is 5.73 Å². The average molecular weight is 150 g/mol. The topological polar surface area (TPSA) is 38.9 Å². The Morgan fingerprint density at radius 2 is 2.27 bits per heavy atom. The molecule has 1 unspecified atom stereocenters. The van der Waals surface area contributed by atoms with Gasteiger partial charge in [-0.1, -0.05) is 19.9 Å². The molecule has 0 fully saturated rings. The SMILES string of the molecule is CCC(C)c1ccc(N)nc1. The van der Waals surface area contributed by atoms with Gasteiger partial charge in [-0.05, 0) is 24.0 Å². The zero-order valence-corrected chi connectivity index (χ0v) is 7.04. The van der Waals surface area contributed by atoms with Crippen molar-refractivity contribution in [2.45, 2.75) is 26.2 Å². The summed E-state index contributed by atoms with van der Waals surface area (Å²) in [4.78, 5) is 4.03. The van der Waals surface area contributed by atoms with Gasteiger partial charge in [0.25, 0.3) is 0 Å². The molecule has 2 heteroatoms. The third-order valence-corrected chi connectivity index (χ3v) is 1.99. The Morgan fingerprint density at radius 1 is 1.55 bits per heavy atom. The quantitative estimate of drug-likeness (QED) is 0.701. The first kappa shape index (κ1) is 8.05. The van der Waals surface area contributed by atoms with E-state index in [0.717, 1.165) is 6.42 Å². The van der Waals surface area contributed by atoms with Gasteiger partial charge in [-0.3, -0.25) is 0 Å². The van der Waals surface area contributed by atoms with Crippen LogP contribution in [0.3, 0.4) is 0 Å². The zero-order valence-electron chi connectivity index (χ0n) is 7.04. The number of pyridine rings is 1. The van der Waals surface area contributed by atoms with Gasteiger partial charge in [0.15, 0.2) is 0 Å². The molecule has 0 saturated carbocycles. The second-order valence-corrected chi connectivity index (χ2v) is 2.83. The summed E-state index contributed by atoms with van der Waals surface area (Å²) >= 11 is 0. The third kappa shape index (κ3) is 1.93. The lowest BCUT2D eigenvalue weighted by Gasteiger charge is -2.07. The molecule has 1 aromatic rings. The Hall–Kier alpha value is -1.05. The van der Waals surface area contributed by atoms with Crippen LogP contribution >= 0.6 is 0 Å². The van der Waals surface area contributed by atoms with E-state index in [1.807, 2.05) is 18.3 Å². The maximum Gasteiger partial charge on any atom is 0.123 e. The Labute approximate surface area is 67.5 Å². The van der Waals surface area contributed by atoms with E-state index in [1.54, 1.807) is 0 Å². The minimum Gasteiger partial charge on any atom is -0.384 e. The lowest BCUT2D eigenvalue weighted by atomic mass is 10.0. The molecule has 0 aliphatic rings. The van der Waals surface area contributed by atoms with E-state index in [9.17, 15) is 0 Å². The number of nitrogens with two attached hydrogens (primary N) is 1. The Bertz CT molecular complexity index is 216. The zero-order chi connectivity index (χ0) is 8.27. The number of rotatable bonds is 2. The Balaban J connectivity index is 2.81. The lowest BCUT2D eigenvalue weighted by molar-refractivity contribution is 0.730. The smallest absolute Gasteiger partial charge is 0.123 e. The van der Waals surface area contributed by atoms with Crippen LogP contribution in [-0.4, -0.2) is 4.98 Å². The molecule has 0 bridgehead atoms. The maximum atomic E-state index is 5.46. The molecular formula is C9H14N2. The molecule has 2 nitrogen and oxygen atoms in total. The van der Waals surface area contributed by atoms with Crippen LogP contribution in [0.1, 0.15) is 31.7 Å². The highest BCUT2D eigenvalue weighted by Crippen LogP contribution is 2.17. The monoisotopic (exact) mass is 150 g/mol. The summed E-state index contributed by atoms with van der Waals surface area (Å²) in [7, 11) is 0. The first-order valence-corrected chi connectivity index (χ1v) is 3.95. The Kier molecular flexibility index (Phi) is 2.47. The molecule has 11 heavy (non-hydrogen) atoms. The van der Waals surface area contributed by atoms with Crippen LogP contribution in [0.4, 0.5) is 5.82 Å². The van der Waals surface area contributed by atoms with Crippen LogP contribution in [-0.2, 0) is 0 Å². The number of anilines is 1. The summed E-state index contributed by atoms with van der Waals surface area (Å²) in [5.41, 5.74) is 6.72. The fourth-order valence-corrected chi connectivity index (χ4v) is 0.944. The van der Waals surface area contributed by atoms with Crippen LogP contribution in [0.5, 0.6) is 0 Å². The second kappa shape index (κ2) is 3.37. The molecule has 0 aliphatic heterocycles. The van der Waals surface area contributed by atoms with Crippen molar-refractivity contribution in [3.8, 4) is 0 Å². The summed E-state index contributed by atoms with van der Waals surface area (Å²) in [5.74, 6) is 1.18. The van der Waals surface area contributed by atoms with Gasteiger partial charge >= 0.3 is 0 Å². The summed E-state index contributed by atoms with van der Waals surface area (Å²) in [5, 5.41) is 0. The predicted molar refractivity (Wildman–Crippen MR) is 47.4 cm³/mol. The summed E-state index contributed by atoms with van der Waals surface area (Å²) in [6, 6.07) is 3.89. The van der Waals surface area contributed by atoms with E-state index < -0.39 is 0 Å². The molecule has 60 valence electrons. The van der Waals surface area contributed by atoms with Gasteiger partial charge in [0.05, 0.1) is 0 Å². The van der Waals surface area contributed by atoms with Gasteiger partial charge in [0, 0.05) is 6.20 Å². The van der Waals surface area contributed by atoms with E-state index in [-0.39, 0.29) is 0 Å². The van der Waals surface area contributed by atoms with Crippen LogP contribution in [0.2, 0.25) is 0 Å². The average Bonchev–Trinajstić information content (AvgIpc) is 2.05. The van der Waals surface area contributed by atoms with E-state index in [4.69, 9.17) is 5.73 Å². The van der Waals surface area contributed by atoms with Crippen LogP contribution in [0, 0.1) is 0 Å². The predicted octanol–water partition coefficient (Wildman–Crippen LogP) is 2.18. The molecule has 1 rings (SSSR count). The van der Waals surface area contributed by atoms with Gasteiger partial charge in [-0.15, -0.1) is 0 Å². The van der Waals surface area contributed by atoms with Crippen molar-refractivity contribution in [2.75, 3.05) is 5.73 Å². The van der Waals surface area contributed by atoms with E-state index in [1.165, 1.54) is 5.56 Å². The van der Waals surface area contributed by atoms with Crippen molar-refractivity contribution in [2.24, 2.45) is 0 Å². The number of nitrogen functional groups attached to an aromatic ring is 1. The minimum absolute atomic E-state index is 0.586. The number of hydrogen-bond donors (Lipinski definition) is 1. The van der Waals surface area contributed by atoms with Crippen molar-refractivity contribution in [1.82, 2.24) is 4.98 Å². The Morgan fingerprint density at radius 3 is 2.73 bits per heavy atom. The molecule has 0 amide bonds. The highest BCUT2D eigenvalue weighted by molar-refractivity contribution is 5.30. The van der Waals surface area contributed by atoms with Crippen molar-refractivity contribution in [3.05, 3.63) is 23.9 Å². The molecule has 1 heterocycles. The van der Waals surface area contributed by atoms with Crippen LogP contribution in [0.15, 0.2) is 18.3 Å². The summed E-state index contributed by atoms with van der Waals surface area (Å²) in [6.07, 6.45) is 3.00. The van der Waals surface area contributed by atoms with Gasteiger partial charge in [-0.25, -0.2) is 4.98 Å². The highest BCUT2D eigenvalue weighted by Gasteiger charge is 2.01. The van der Waals surface area contributed by atoms with E-state index >= 15 is 0 Å². The molecule has 0 radical (unpaired) electrons. The second-order valence-electron chi connectivity index (χ2n) is 2.83. The van der Waals surface area contributed by atoms with E-state index in [2.05, 4.69) is 18.8 Å². The molecule has 1 aromatic heterocycles. The fourth-order valence-electron chi connectivity index (χ4n) is 0.944. The number of aromatic nitrogens is 1. The van der Waals surface area contributed by atoms with Crippen LogP contribution in [0.25, 0.3) is 0 Å². The number of nitrogens with zero attached hydrogens (tertiary/aromatic N) is 1. The van der Waals surface area contributed by atoms with Crippen molar-refractivity contribution in [1.29, 1.82) is 0 Å². The molecule has 2 N–H and O–H groups in total. The summed E-state index contributed by atoms with van der Waals surface area (Å²) in [6.45, 7) is 4.36. The standard InChI is InChI=1S/C9H14N2/c1-3-7(2)8-4-5-9(10)11-6-8/h4-7H,3H2,1-2H3,(H2,10,11). The highest BCUT2D eigenvalue weighted by atomic mass is 14.8. The molecule has 0 saturated heterocycles. The molecular weight excluding hydrogens is 136 g/mol. The van der Waals surface area contributed by atoms with Gasteiger partial charge in [0.2, 0.25) is 0 Å². The van der Waals surface area contributed by atoms with Crippen molar-refractivity contribution >= 4 is 5.82 Å². The number of hydrogen-bond acceptors (Lipinski definition) is 2. The summed E-state index contributed by atoms with van der Waals surface area (Å²) < 4.78 is 0. The maximum absolute atomic E-state index is 5.46. The third-order valence-electron chi connectivity index (χ3n) is 1.99. The van der Waals surface area contributed by atoms with Gasteiger partial charge in [-0.2, -0.15) is 0 Å². The van der Waals surface area contributed by atoms with Crippen LogP contribution < -0.4 is 5.73 Å². The first-order chi connectivity index (χ1) is 5.24. The molecule has 1 atom stereocenters. The first-order valence-electron chi connectivity index (χ1n) is 3.95. The minimum atomic E-state index is 0.586. The normalized spacial score (nSPS) is 12.9. The largest absolute Gasteiger partial charge is 0.384 e. The van der Waals surface area contributed by atoms with E-state index in [0.29, 0.717) is 11.7 Å². The van der Waals surface area contributed by atoms with Gasteiger partial charge in [0.1, 0.15) is 5.82 Å². The van der Waals surface area contributed by atoms with Crippen molar-refractivity contribution in [3.63, 3.8) is 0 Å². The lowest BCUT2D eigenvalue weighted by Crippen LogP contribution is -1.94. The molecule has 0 aromatic carbocycles. The fraction of sp³-hybridized carbons (Fsp3) is 0.444. The molecule has 0 aliphatic carbocycles. The molecule has 0 spiro atoms. The van der Waals surface area contributed by atoms with Crippen molar-refractivity contribution < 1.29 is 0 Å².